The first-order valence-corrected chi connectivity index (χ1v) is 8.11. The smallest absolute Gasteiger partial charge is 0.226 e. The number of nitrogens with zero attached hydrogens (tertiary/aromatic N) is 3. The van der Waals surface area contributed by atoms with Crippen molar-refractivity contribution in [1.29, 1.82) is 0 Å². The lowest BCUT2D eigenvalue weighted by Crippen LogP contribution is -2.52. The Morgan fingerprint density at radius 2 is 2.00 bits per heavy atom. The van der Waals surface area contributed by atoms with Crippen LogP contribution in [-0.4, -0.2) is 33.0 Å². The van der Waals surface area contributed by atoms with E-state index in [-0.39, 0.29) is 17.9 Å². The molecule has 6 heteroatoms. The largest absolute Gasteiger partial charge is 0.349 e. The quantitative estimate of drug-likeness (QED) is 0.876. The number of hydrogen-bond acceptors (Lipinski definition) is 4. The van der Waals surface area contributed by atoms with Gasteiger partial charge in [0.2, 0.25) is 5.91 Å². The average molecular weight is 313 g/mol. The van der Waals surface area contributed by atoms with Gasteiger partial charge in [0.05, 0.1) is 29.0 Å². The zero-order chi connectivity index (χ0) is 16.3. The Labute approximate surface area is 136 Å². The lowest BCUT2D eigenvalue weighted by atomic mass is 9.97. The number of amides is 1. The summed E-state index contributed by atoms with van der Waals surface area (Å²) in [7, 11) is 0. The van der Waals surface area contributed by atoms with E-state index >= 15 is 0 Å². The number of nitrogens with two attached hydrogens (primary N) is 1. The zero-order valence-electron chi connectivity index (χ0n) is 13.5. The Morgan fingerprint density at radius 1 is 1.30 bits per heavy atom. The summed E-state index contributed by atoms with van der Waals surface area (Å²) in [4.78, 5) is 12.4. The second-order valence-corrected chi connectivity index (χ2v) is 6.29. The normalized spacial score (nSPS) is 16.4. The lowest BCUT2D eigenvalue weighted by Gasteiger charge is -2.28. The molecule has 1 amide bonds. The summed E-state index contributed by atoms with van der Waals surface area (Å²) >= 11 is 0. The van der Waals surface area contributed by atoms with Gasteiger partial charge in [-0.15, -0.1) is 5.10 Å². The van der Waals surface area contributed by atoms with Crippen molar-refractivity contribution in [1.82, 2.24) is 20.3 Å². The minimum Gasteiger partial charge on any atom is -0.349 e. The molecule has 6 nitrogen and oxygen atoms in total. The average Bonchev–Trinajstić information content (AvgIpc) is 3.17. The van der Waals surface area contributed by atoms with Crippen molar-refractivity contribution in [2.75, 3.05) is 6.54 Å². The summed E-state index contributed by atoms with van der Waals surface area (Å²) in [5, 5.41) is 11.5. The van der Waals surface area contributed by atoms with E-state index in [9.17, 15) is 4.79 Å². The number of para-hydroxylation sites is 1. The van der Waals surface area contributed by atoms with Crippen LogP contribution in [0.2, 0.25) is 0 Å². The fourth-order valence-corrected chi connectivity index (χ4v) is 3.26. The van der Waals surface area contributed by atoms with Crippen LogP contribution in [0.4, 0.5) is 0 Å². The summed E-state index contributed by atoms with van der Waals surface area (Å²) in [6.07, 6.45) is 4.41. The number of hydrogen-bond donors (Lipinski definition) is 2. The molecular weight excluding hydrogens is 290 g/mol. The molecule has 1 aromatic carbocycles. The highest BCUT2D eigenvalue weighted by Gasteiger charge is 2.34. The topological polar surface area (TPSA) is 85.8 Å². The molecule has 0 unspecified atom stereocenters. The summed E-state index contributed by atoms with van der Waals surface area (Å²) in [6, 6.07) is 9.79. The molecule has 0 aliphatic heterocycles. The molecule has 122 valence electrons. The maximum atomic E-state index is 12.4. The maximum absolute atomic E-state index is 12.4. The number of rotatable bonds is 5. The first-order chi connectivity index (χ1) is 11.1. The molecule has 0 radical (unpaired) electrons. The summed E-state index contributed by atoms with van der Waals surface area (Å²) in [5.41, 5.74) is 8.19. The van der Waals surface area contributed by atoms with E-state index in [2.05, 4.69) is 15.6 Å². The van der Waals surface area contributed by atoms with E-state index in [1.807, 2.05) is 37.3 Å². The Balaban J connectivity index is 1.71. The molecule has 1 heterocycles. The van der Waals surface area contributed by atoms with Crippen LogP contribution in [0, 0.1) is 6.92 Å². The van der Waals surface area contributed by atoms with Gasteiger partial charge in [-0.05, 0) is 31.9 Å². The third-order valence-corrected chi connectivity index (χ3v) is 4.67. The number of nitrogens with one attached hydrogen (secondary N) is 1. The van der Waals surface area contributed by atoms with Gasteiger partial charge in [-0.2, -0.15) is 0 Å². The van der Waals surface area contributed by atoms with Gasteiger partial charge in [0, 0.05) is 6.54 Å². The summed E-state index contributed by atoms with van der Waals surface area (Å²) in [5.74, 6) is -0.0273. The van der Waals surface area contributed by atoms with Crippen molar-refractivity contribution in [3.05, 3.63) is 41.7 Å². The fourth-order valence-electron chi connectivity index (χ4n) is 3.26. The van der Waals surface area contributed by atoms with Gasteiger partial charge >= 0.3 is 0 Å². The van der Waals surface area contributed by atoms with Crippen LogP contribution >= 0.6 is 0 Å². The van der Waals surface area contributed by atoms with Gasteiger partial charge in [-0.3, -0.25) is 4.79 Å². The van der Waals surface area contributed by atoms with Crippen molar-refractivity contribution >= 4 is 5.91 Å². The molecule has 23 heavy (non-hydrogen) atoms. The molecular formula is C17H23N5O. The van der Waals surface area contributed by atoms with Crippen molar-refractivity contribution < 1.29 is 4.79 Å². The van der Waals surface area contributed by atoms with Crippen molar-refractivity contribution in [2.24, 2.45) is 5.73 Å². The molecule has 0 spiro atoms. The van der Waals surface area contributed by atoms with Crippen LogP contribution in [0.15, 0.2) is 30.3 Å². The predicted molar refractivity (Wildman–Crippen MR) is 88.2 cm³/mol. The second kappa shape index (κ2) is 6.50. The third-order valence-electron chi connectivity index (χ3n) is 4.67. The van der Waals surface area contributed by atoms with E-state index in [0.29, 0.717) is 12.2 Å². The Hall–Kier alpha value is -2.21. The van der Waals surface area contributed by atoms with Crippen LogP contribution in [0.5, 0.6) is 0 Å². The van der Waals surface area contributed by atoms with Crippen molar-refractivity contribution in [2.45, 2.75) is 44.6 Å². The standard InChI is InChI=1S/C17H23N5O/c1-13-15(20-21-22(13)14-7-3-2-4-8-14)11-16(23)19-17(12-18)9-5-6-10-17/h2-4,7-8H,5-6,9-12,18H2,1H3,(H,19,23). The van der Waals surface area contributed by atoms with E-state index in [1.165, 1.54) is 0 Å². The molecule has 1 aromatic heterocycles. The lowest BCUT2D eigenvalue weighted by molar-refractivity contribution is -0.122. The molecule has 1 aliphatic carbocycles. The van der Waals surface area contributed by atoms with Gasteiger partial charge in [0.1, 0.15) is 0 Å². The Morgan fingerprint density at radius 3 is 2.65 bits per heavy atom. The number of aromatic nitrogens is 3. The number of carbonyl (C=O) groups is 1. The van der Waals surface area contributed by atoms with Crippen LogP contribution in [0.1, 0.15) is 37.1 Å². The van der Waals surface area contributed by atoms with Crippen LogP contribution in [0.3, 0.4) is 0 Å². The van der Waals surface area contributed by atoms with Gasteiger partial charge in [-0.1, -0.05) is 36.3 Å². The molecule has 1 fully saturated rings. The van der Waals surface area contributed by atoms with Crippen LogP contribution in [0.25, 0.3) is 5.69 Å². The second-order valence-electron chi connectivity index (χ2n) is 6.29. The van der Waals surface area contributed by atoms with Gasteiger partial charge in [0.25, 0.3) is 0 Å². The zero-order valence-corrected chi connectivity index (χ0v) is 13.5. The van der Waals surface area contributed by atoms with Crippen molar-refractivity contribution in [3.63, 3.8) is 0 Å². The highest BCUT2D eigenvalue weighted by molar-refractivity contribution is 5.79. The van der Waals surface area contributed by atoms with Crippen LogP contribution in [-0.2, 0) is 11.2 Å². The van der Waals surface area contributed by atoms with E-state index in [0.717, 1.165) is 37.1 Å². The first kappa shape index (κ1) is 15.7. The van der Waals surface area contributed by atoms with E-state index in [4.69, 9.17) is 5.73 Å². The maximum Gasteiger partial charge on any atom is 0.226 e. The molecule has 1 aliphatic rings. The number of benzene rings is 1. The van der Waals surface area contributed by atoms with Crippen molar-refractivity contribution in [3.8, 4) is 5.69 Å². The van der Waals surface area contributed by atoms with Gasteiger partial charge in [0.15, 0.2) is 0 Å². The molecule has 2 aromatic rings. The SMILES string of the molecule is Cc1c(CC(=O)NC2(CN)CCCC2)nnn1-c1ccccc1. The Kier molecular flexibility index (Phi) is 4.43. The molecule has 3 N–H and O–H groups in total. The van der Waals surface area contributed by atoms with Gasteiger partial charge in [-0.25, -0.2) is 4.68 Å². The monoisotopic (exact) mass is 313 g/mol. The number of carbonyl (C=O) groups excluding carboxylic acids is 1. The van der Waals surface area contributed by atoms with E-state index < -0.39 is 0 Å². The molecule has 1 saturated carbocycles. The predicted octanol–water partition coefficient (Wildman–Crippen LogP) is 1.51. The summed E-state index contributed by atoms with van der Waals surface area (Å²) in [6.45, 7) is 2.43. The minimum atomic E-state index is -0.222. The van der Waals surface area contributed by atoms with Crippen LogP contribution < -0.4 is 11.1 Å². The Bertz CT molecular complexity index is 674. The molecule has 3 rings (SSSR count). The molecule has 0 bridgehead atoms. The summed E-state index contributed by atoms with van der Waals surface area (Å²) < 4.78 is 1.76. The molecule has 0 atom stereocenters. The highest BCUT2D eigenvalue weighted by atomic mass is 16.1. The minimum absolute atomic E-state index is 0.0273. The van der Waals surface area contributed by atoms with E-state index in [1.54, 1.807) is 4.68 Å². The highest BCUT2D eigenvalue weighted by Crippen LogP contribution is 2.28. The first-order valence-electron chi connectivity index (χ1n) is 8.11. The fraction of sp³-hybridized carbons (Fsp3) is 0.471. The third kappa shape index (κ3) is 3.27. The molecule has 0 saturated heterocycles. The van der Waals surface area contributed by atoms with Gasteiger partial charge < -0.3 is 11.1 Å².